The van der Waals surface area contributed by atoms with Gasteiger partial charge in [-0.25, -0.2) is 0 Å². The molecule has 1 aromatic carbocycles. The maximum absolute atomic E-state index is 12.7. The second kappa shape index (κ2) is 10.7. The molecule has 0 spiro atoms. The molecular weight excluding hydrogens is 382 g/mol. The molecule has 2 aliphatic heterocycles. The van der Waals surface area contributed by atoms with Gasteiger partial charge in [0.05, 0.1) is 0 Å². The van der Waals surface area contributed by atoms with Gasteiger partial charge < -0.3 is 20.9 Å². The molecule has 3 rings (SSSR count). The van der Waals surface area contributed by atoms with Crippen LogP contribution in [0.5, 0.6) is 0 Å². The van der Waals surface area contributed by atoms with E-state index in [1.807, 2.05) is 18.2 Å². The molecule has 2 aliphatic rings. The number of rotatable bonds is 11. The first-order chi connectivity index (χ1) is 14.5. The number of piperidine rings is 1. The lowest BCUT2D eigenvalue weighted by Gasteiger charge is -2.29. The fourth-order valence-corrected chi connectivity index (χ4v) is 4.14. The molecule has 1 aromatic rings. The molecule has 1 unspecified atom stereocenters. The molecule has 0 saturated carbocycles. The van der Waals surface area contributed by atoms with Crippen molar-refractivity contribution in [2.45, 2.75) is 51.7 Å². The number of nitrogens with zero attached hydrogens (tertiary/aromatic N) is 2. The third kappa shape index (κ3) is 5.44. The third-order valence-electron chi connectivity index (χ3n) is 5.87. The molecule has 30 heavy (non-hydrogen) atoms. The number of hydrogen-bond donors (Lipinski definition) is 3. The van der Waals surface area contributed by atoms with Gasteiger partial charge in [-0.15, -0.1) is 0 Å². The SMILES string of the molecule is CCN(CCCN)CCCNCc1ccc2c(c1)CN(C1CCC(=O)NC1=O)C2=O. The molecule has 0 bridgehead atoms. The fraction of sp³-hybridized carbons (Fsp3) is 0.591. The highest BCUT2D eigenvalue weighted by molar-refractivity contribution is 6.05. The Morgan fingerprint density at radius 1 is 1.23 bits per heavy atom. The molecule has 1 saturated heterocycles. The van der Waals surface area contributed by atoms with E-state index in [1.165, 1.54) is 0 Å². The van der Waals surface area contributed by atoms with Crippen LogP contribution < -0.4 is 16.4 Å². The van der Waals surface area contributed by atoms with Crippen LogP contribution in [0.4, 0.5) is 0 Å². The Balaban J connectivity index is 1.48. The van der Waals surface area contributed by atoms with Crippen LogP contribution in [0.1, 0.15) is 54.1 Å². The zero-order chi connectivity index (χ0) is 21.5. The van der Waals surface area contributed by atoms with Crippen molar-refractivity contribution in [2.75, 3.05) is 32.7 Å². The highest BCUT2D eigenvalue weighted by Gasteiger charge is 2.38. The molecule has 0 aliphatic carbocycles. The van der Waals surface area contributed by atoms with E-state index in [4.69, 9.17) is 5.73 Å². The van der Waals surface area contributed by atoms with Gasteiger partial charge in [-0.3, -0.25) is 19.7 Å². The molecule has 3 amide bonds. The van der Waals surface area contributed by atoms with Crippen molar-refractivity contribution in [1.82, 2.24) is 20.4 Å². The van der Waals surface area contributed by atoms with Gasteiger partial charge in [-0.05, 0) is 69.2 Å². The number of carbonyl (C=O) groups is 3. The molecule has 2 heterocycles. The molecule has 0 aromatic heterocycles. The van der Waals surface area contributed by atoms with Crippen molar-refractivity contribution in [3.05, 3.63) is 34.9 Å². The fourth-order valence-electron chi connectivity index (χ4n) is 4.14. The van der Waals surface area contributed by atoms with Crippen LogP contribution in [0.3, 0.4) is 0 Å². The number of nitrogens with one attached hydrogen (secondary N) is 2. The molecule has 1 atom stereocenters. The lowest BCUT2D eigenvalue weighted by atomic mass is 10.0. The van der Waals surface area contributed by atoms with Gasteiger partial charge in [0.25, 0.3) is 5.91 Å². The highest BCUT2D eigenvalue weighted by Crippen LogP contribution is 2.28. The summed E-state index contributed by atoms with van der Waals surface area (Å²) in [6.45, 7) is 8.15. The summed E-state index contributed by atoms with van der Waals surface area (Å²) in [4.78, 5) is 40.3. The Hall–Kier alpha value is -2.29. The third-order valence-corrected chi connectivity index (χ3v) is 5.87. The topological polar surface area (TPSA) is 108 Å². The Bertz CT molecular complexity index is 782. The van der Waals surface area contributed by atoms with Crippen molar-refractivity contribution >= 4 is 17.7 Å². The molecule has 164 valence electrons. The van der Waals surface area contributed by atoms with Crippen LogP contribution >= 0.6 is 0 Å². The lowest BCUT2D eigenvalue weighted by Crippen LogP contribution is -2.52. The number of nitrogens with two attached hydrogens (primary N) is 1. The normalized spacial score (nSPS) is 18.8. The zero-order valence-corrected chi connectivity index (χ0v) is 17.8. The van der Waals surface area contributed by atoms with E-state index >= 15 is 0 Å². The minimum atomic E-state index is -0.565. The standard InChI is InChI=1S/C22H33N5O3/c1-2-26(11-3-9-23)12-4-10-24-14-16-5-6-18-17(13-16)15-27(22(18)30)19-7-8-20(28)25-21(19)29/h5-6,13,19,24H,2-4,7-12,14-15,23H2,1H3,(H,25,28,29). The maximum Gasteiger partial charge on any atom is 0.255 e. The van der Waals surface area contributed by atoms with Crippen molar-refractivity contribution in [3.8, 4) is 0 Å². The van der Waals surface area contributed by atoms with Crippen LogP contribution in [0, 0.1) is 0 Å². The second-order valence-electron chi connectivity index (χ2n) is 8.00. The molecule has 8 nitrogen and oxygen atoms in total. The number of carbonyl (C=O) groups excluding carboxylic acids is 3. The summed E-state index contributed by atoms with van der Waals surface area (Å²) in [6.07, 6.45) is 2.77. The van der Waals surface area contributed by atoms with Crippen LogP contribution in [-0.2, 0) is 22.7 Å². The highest BCUT2D eigenvalue weighted by atomic mass is 16.2. The van der Waals surface area contributed by atoms with Crippen molar-refractivity contribution in [3.63, 3.8) is 0 Å². The summed E-state index contributed by atoms with van der Waals surface area (Å²) < 4.78 is 0. The van der Waals surface area contributed by atoms with Gasteiger partial charge in [0, 0.05) is 25.1 Å². The van der Waals surface area contributed by atoms with Gasteiger partial charge in [0.1, 0.15) is 6.04 Å². The van der Waals surface area contributed by atoms with Crippen LogP contribution in [-0.4, -0.2) is 66.3 Å². The summed E-state index contributed by atoms with van der Waals surface area (Å²) in [6, 6.07) is 5.31. The van der Waals surface area contributed by atoms with Crippen LogP contribution in [0.15, 0.2) is 18.2 Å². The van der Waals surface area contributed by atoms with Gasteiger partial charge >= 0.3 is 0 Å². The second-order valence-corrected chi connectivity index (χ2v) is 8.00. The Morgan fingerprint density at radius 2 is 2.03 bits per heavy atom. The predicted molar refractivity (Wildman–Crippen MR) is 115 cm³/mol. The lowest BCUT2D eigenvalue weighted by molar-refractivity contribution is -0.136. The van der Waals surface area contributed by atoms with Gasteiger partial charge in [0.2, 0.25) is 11.8 Å². The summed E-state index contributed by atoms with van der Waals surface area (Å²) in [5, 5.41) is 5.81. The first-order valence-corrected chi connectivity index (χ1v) is 10.9. The Labute approximate surface area is 178 Å². The van der Waals surface area contributed by atoms with Crippen LogP contribution in [0.2, 0.25) is 0 Å². The van der Waals surface area contributed by atoms with Crippen LogP contribution in [0.25, 0.3) is 0 Å². The molecule has 4 N–H and O–H groups in total. The van der Waals surface area contributed by atoms with E-state index in [1.54, 1.807) is 4.90 Å². The van der Waals surface area contributed by atoms with Gasteiger partial charge in [-0.1, -0.05) is 19.1 Å². The quantitative estimate of drug-likeness (QED) is 0.361. The zero-order valence-electron chi connectivity index (χ0n) is 17.8. The molecular formula is C22H33N5O3. The minimum Gasteiger partial charge on any atom is -0.330 e. The average molecular weight is 416 g/mol. The minimum absolute atomic E-state index is 0.129. The number of imide groups is 1. The summed E-state index contributed by atoms with van der Waals surface area (Å²) >= 11 is 0. The van der Waals surface area contributed by atoms with E-state index in [9.17, 15) is 14.4 Å². The summed E-state index contributed by atoms with van der Waals surface area (Å²) in [7, 11) is 0. The van der Waals surface area contributed by atoms with E-state index in [-0.39, 0.29) is 24.1 Å². The van der Waals surface area contributed by atoms with Crippen molar-refractivity contribution < 1.29 is 14.4 Å². The smallest absolute Gasteiger partial charge is 0.255 e. The first kappa shape index (κ1) is 22.4. The Kier molecular flexibility index (Phi) is 7.95. The average Bonchev–Trinajstić information content (AvgIpc) is 3.05. The van der Waals surface area contributed by atoms with Gasteiger partial charge in [0.15, 0.2) is 0 Å². The Morgan fingerprint density at radius 3 is 2.77 bits per heavy atom. The van der Waals surface area contributed by atoms with E-state index in [0.29, 0.717) is 18.5 Å². The predicted octanol–water partition coefficient (Wildman–Crippen LogP) is 0.598. The molecule has 0 radical (unpaired) electrons. The van der Waals surface area contributed by atoms with Crippen molar-refractivity contribution in [1.29, 1.82) is 0 Å². The number of hydrogen-bond acceptors (Lipinski definition) is 6. The number of fused-ring (bicyclic) bond motifs is 1. The van der Waals surface area contributed by atoms with E-state index in [0.717, 1.165) is 63.2 Å². The molecule has 8 heteroatoms. The van der Waals surface area contributed by atoms with E-state index in [2.05, 4.69) is 22.5 Å². The summed E-state index contributed by atoms with van der Waals surface area (Å²) in [5.41, 5.74) is 8.32. The monoisotopic (exact) mass is 415 g/mol. The molecule has 1 fully saturated rings. The van der Waals surface area contributed by atoms with Gasteiger partial charge in [-0.2, -0.15) is 0 Å². The summed E-state index contributed by atoms with van der Waals surface area (Å²) in [5.74, 6) is -0.770. The number of amides is 3. The largest absolute Gasteiger partial charge is 0.330 e. The van der Waals surface area contributed by atoms with Crippen molar-refractivity contribution in [2.24, 2.45) is 5.73 Å². The van der Waals surface area contributed by atoms with E-state index < -0.39 is 6.04 Å². The maximum atomic E-state index is 12.7. The number of benzene rings is 1. The first-order valence-electron chi connectivity index (χ1n) is 10.9.